The number of ether oxygens (including phenoxy) is 1. The monoisotopic (exact) mass is 399 g/mol. The molecule has 0 atom stereocenters. The van der Waals surface area contributed by atoms with Crippen LogP contribution in [0.3, 0.4) is 0 Å². The molecule has 0 bridgehead atoms. The van der Waals surface area contributed by atoms with Crippen LogP contribution in [0.2, 0.25) is 0 Å². The lowest BCUT2D eigenvalue weighted by atomic mass is 10.3. The predicted molar refractivity (Wildman–Crippen MR) is 102 cm³/mol. The standard InChI is InChI=1S/C16H21N3O5S2/c1-3-11-17-26(22,23)13-7-5-12(6-8-13)18-16(25)19-14(20)9-10-15(21)24-4-2/h5-10,17H,3-4,11H2,1-2H3,(H2,18,19,20,25)/b10-9+. The van der Waals surface area contributed by atoms with Gasteiger partial charge in [-0.1, -0.05) is 6.92 Å². The molecule has 0 aliphatic heterocycles. The van der Waals surface area contributed by atoms with Crippen LogP contribution in [0.5, 0.6) is 0 Å². The molecule has 3 N–H and O–H groups in total. The van der Waals surface area contributed by atoms with Gasteiger partial charge in [0.1, 0.15) is 0 Å². The molecule has 1 aromatic rings. The van der Waals surface area contributed by atoms with Crippen LogP contribution in [0, 0.1) is 0 Å². The second-order valence-electron chi connectivity index (χ2n) is 4.95. The van der Waals surface area contributed by atoms with Gasteiger partial charge in [-0.2, -0.15) is 0 Å². The third-order valence-electron chi connectivity index (χ3n) is 2.86. The van der Waals surface area contributed by atoms with E-state index in [0.29, 0.717) is 18.7 Å². The van der Waals surface area contributed by atoms with Crippen molar-refractivity contribution in [3.8, 4) is 0 Å². The number of benzene rings is 1. The first-order chi connectivity index (χ1) is 12.3. The van der Waals surface area contributed by atoms with Crippen molar-refractivity contribution < 1.29 is 22.7 Å². The van der Waals surface area contributed by atoms with Gasteiger partial charge < -0.3 is 10.1 Å². The lowest BCUT2D eigenvalue weighted by molar-refractivity contribution is -0.137. The molecule has 1 amide bonds. The number of carbonyl (C=O) groups is 2. The molecule has 0 spiro atoms. The molecule has 26 heavy (non-hydrogen) atoms. The highest BCUT2D eigenvalue weighted by atomic mass is 32.2. The van der Waals surface area contributed by atoms with Crippen molar-refractivity contribution in [2.75, 3.05) is 18.5 Å². The molecular formula is C16H21N3O5S2. The van der Waals surface area contributed by atoms with Crippen LogP contribution in [0.4, 0.5) is 5.69 Å². The molecule has 0 unspecified atom stereocenters. The SMILES string of the molecule is CCCNS(=O)(=O)c1ccc(NC(=S)NC(=O)/C=C/C(=O)OCC)cc1. The Kier molecular flexibility index (Phi) is 8.90. The summed E-state index contributed by atoms with van der Waals surface area (Å²) < 4.78 is 31.1. The van der Waals surface area contributed by atoms with E-state index in [0.717, 1.165) is 12.2 Å². The number of sulfonamides is 1. The van der Waals surface area contributed by atoms with Gasteiger partial charge in [-0.15, -0.1) is 0 Å². The smallest absolute Gasteiger partial charge is 0.330 e. The average molecular weight is 399 g/mol. The van der Waals surface area contributed by atoms with Crippen molar-refractivity contribution in [3.05, 3.63) is 36.4 Å². The quantitative estimate of drug-likeness (QED) is 0.343. The summed E-state index contributed by atoms with van der Waals surface area (Å²) >= 11 is 4.98. The Labute approximate surface area is 158 Å². The summed E-state index contributed by atoms with van der Waals surface area (Å²) in [5, 5.41) is 5.10. The summed E-state index contributed by atoms with van der Waals surface area (Å²) in [4.78, 5) is 22.9. The topological polar surface area (TPSA) is 114 Å². The van der Waals surface area contributed by atoms with Crippen molar-refractivity contribution in [2.24, 2.45) is 0 Å². The Bertz CT molecular complexity index is 774. The number of anilines is 1. The van der Waals surface area contributed by atoms with E-state index in [1.807, 2.05) is 6.92 Å². The zero-order valence-corrected chi connectivity index (χ0v) is 16.1. The third-order valence-corrected chi connectivity index (χ3v) is 4.54. The number of esters is 1. The molecule has 0 saturated carbocycles. The fourth-order valence-corrected chi connectivity index (χ4v) is 3.04. The van der Waals surface area contributed by atoms with Gasteiger partial charge in [-0.05, 0) is 49.8 Å². The van der Waals surface area contributed by atoms with E-state index in [1.165, 1.54) is 24.3 Å². The maximum Gasteiger partial charge on any atom is 0.330 e. The molecule has 1 aromatic carbocycles. The maximum atomic E-state index is 12.0. The van der Waals surface area contributed by atoms with Gasteiger partial charge in [0.25, 0.3) is 0 Å². The van der Waals surface area contributed by atoms with Crippen molar-refractivity contribution in [3.63, 3.8) is 0 Å². The minimum Gasteiger partial charge on any atom is -0.463 e. The van der Waals surface area contributed by atoms with Gasteiger partial charge in [-0.3, -0.25) is 10.1 Å². The average Bonchev–Trinajstić information content (AvgIpc) is 2.59. The molecule has 1 rings (SSSR count). The molecule has 142 valence electrons. The van der Waals surface area contributed by atoms with Gasteiger partial charge in [-0.25, -0.2) is 17.9 Å². The molecular weight excluding hydrogens is 378 g/mol. The Hall–Kier alpha value is -2.30. The van der Waals surface area contributed by atoms with Gasteiger partial charge in [0, 0.05) is 24.4 Å². The second kappa shape index (κ2) is 10.6. The second-order valence-corrected chi connectivity index (χ2v) is 7.13. The van der Waals surface area contributed by atoms with Crippen LogP contribution in [0.1, 0.15) is 20.3 Å². The molecule has 0 fully saturated rings. The van der Waals surface area contributed by atoms with Crippen molar-refractivity contribution in [2.45, 2.75) is 25.2 Å². The van der Waals surface area contributed by atoms with Crippen LogP contribution in [-0.2, 0) is 24.3 Å². The minimum absolute atomic E-state index is 0.00299. The van der Waals surface area contributed by atoms with Crippen molar-refractivity contribution in [1.82, 2.24) is 10.0 Å². The normalized spacial score (nSPS) is 11.2. The number of amides is 1. The molecule has 0 heterocycles. The Morgan fingerprint density at radius 1 is 1.15 bits per heavy atom. The Balaban J connectivity index is 2.60. The van der Waals surface area contributed by atoms with Crippen LogP contribution < -0.4 is 15.4 Å². The zero-order valence-electron chi connectivity index (χ0n) is 14.4. The first-order valence-electron chi connectivity index (χ1n) is 7.85. The molecule has 8 nitrogen and oxygen atoms in total. The van der Waals surface area contributed by atoms with Crippen LogP contribution in [0.15, 0.2) is 41.3 Å². The maximum absolute atomic E-state index is 12.0. The van der Waals surface area contributed by atoms with Crippen LogP contribution in [0.25, 0.3) is 0 Å². The number of thiocarbonyl (C=S) groups is 1. The molecule has 0 radical (unpaired) electrons. The fourth-order valence-electron chi connectivity index (χ4n) is 1.69. The van der Waals surface area contributed by atoms with E-state index in [4.69, 9.17) is 12.2 Å². The van der Waals surface area contributed by atoms with E-state index >= 15 is 0 Å². The highest BCUT2D eigenvalue weighted by molar-refractivity contribution is 7.89. The number of hydrogen-bond acceptors (Lipinski definition) is 6. The highest BCUT2D eigenvalue weighted by Gasteiger charge is 2.12. The lowest BCUT2D eigenvalue weighted by Gasteiger charge is -2.09. The third kappa shape index (κ3) is 7.72. The van der Waals surface area contributed by atoms with Crippen LogP contribution >= 0.6 is 12.2 Å². The zero-order chi connectivity index (χ0) is 19.6. The van der Waals surface area contributed by atoms with E-state index in [2.05, 4.69) is 20.1 Å². The number of hydrogen-bond donors (Lipinski definition) is 3. The summed E-state index contributed by atoms with van der Waals surface area (Å²) in [7, 11) is -3.54. The van der Waals surface area contributed by atoms with E-state index in [-0.39, 0.29) is 16.6 Å². The summed E-state index contributed by atoms with van der Waals surface area (Å²) in [6, 6.07) is 5.89. The van der Waals surface area contributed by atoms with Gasteiger partial charge in [0.2, 0.25) is 15.9 Å². The summed E-state index contributed by atoms with van der Waals surface area (Å²) in [5.74, 6) is -1.23. The summed E-state index contributed by atoms with van der Waals surface area (Å²) in [6.45, 7) is 4.09. The molecule has 10 heteroatoms. The minimum atomic E-state index is -3.54. The molecule has 0 aliphatic carbocycles. The van der Waals surface area contributed by atoms with Crippen molar-refractivity contribution in [1.29, 1.82) is 0 Å². The van der Waals surface area contributed by atoms with Gasteiger partial charge in [0.05, 0.1) is 11.5 Å². The lowest BCUT2D eigenvalue weighted by Crippen LogP contribution is -2.33. The predicted octanol–water partition coefficient (Wildman–Crippen LogP) is 1.31. The van der Waals surface area contributed by atoms with Crippen molar-refractivity contribution >= 4 is 44.9 Å². The molecule has 0 saturated heterocycles. The Morgan fingerprint density at radius 3 is 2.38 bits per heavy atom. The molecule has 0 aliphatic rings. The summed E-state index contributed by atoms with van der Waals surface area (Å²) in [6.07, 6.45) is 2.68. The molecule has 0 aromatic heterocycles. The van der Waals surface area contributed by atoms with E-state index in [9.17, 15) is 18.0 Å². The largest absolute Gasteiger partial charge is 0.463 e. The highest BCUT2D eigenvalue weighted by Crippen LogP contribution is 2.13. The van der Waals surface area contributed by atoms with E-state index in [1.54, 1.807) is 6.92 Å². The fraction of sp³-hybridized carbons (Fsp3) is 0.312. The number of rotatable bonds is 8. The Morgan fingerprint density at radius 2 is 1.81 bits per heavy atom. The van der Waals surface area contributed by atoms with Crippen LogP contribution in [-0.4, -0.2) is 38.6 Å². The van der Waals surface area contributed by atoms with E-state index < -0.39 is 21.9 Å². The van der Waals surface area contributed by atoms with Gasteiger partial charge in [0.15, 0.2) is 5.11 Å². The number of nitrogens with one attached hydrogen (secondary N) is 3. The number of carbonyl (C=O) groups excluding carboxylic acids is 2. The summed E-state index contributed by atoms with van der Waals surface area (Å²) in [5.41, 5.74) is 0.499. The first-order valence-corrected chi connectivity index (χ1v) is 9.74. The van der Waals surface area contributed by atoms with Gasteiger partial charge >= 0.3 is 5.97 Å². The first kappa shape index (κ1) is 21.7.